The minimum Gasteiger partial charge on any atom is -0.489 e. The minimum absolute atomic E-state index is 0.186. The summed E-state index contributed by atoms with van der Waals surface area (Å²) in [6.45, 7) is 6.69. The number of halogens is 1. The molecular formula is C22H24FN3O2. The lowest BCUT2D eigenvalue weighted by atomic mass is 10.0. The standard InChI is InChI=1S/C22H24FN3O2/c1-4-13-28-20-14-26(19-11-7-17(23)8-12-19)25-21(20)22(27)24-18-9-5-16(6-10-18)15(2)3/h5-12,14-15H,4,13H2,1-3H3,(H,24,27). The van der Waals surface area contributed by atoms with Crippen molar-refractivity contribution >= 4 is 11.6 Å². The molecule has 6 heteroatoms. The topological polar surface area (TPSA) is 56.2 Å². The summed E-state index contributed by atoms with van der Waals surface area (Å²) in [7, 11) is 0. The SMILES string of the molecule is CCCOc1cn(-c2ccc(F)cc2)nc1C(=O)Nc1ccc(C(C)C)cc1. The minimum atomic E-state index is -0.357. The lowest BCUT2D eigenvalue weighted by Gasteiger charge is -2.08. The summed E-state index contributed by atoms with van der Waals surface area (Å²) >= 11 is 0. The average molecular weight is 381 g/mol. The first-order valence-electron chi connectivity index (χ1n) is 9.37. The summed E-state index contributed by atoms with van der Waals surface area (Å²) in [5.74, 6) is 0.123. The smallest absolute Gasteiger partial charge is 0.280 e. The van der Waals surface area contributed by atoms with Gasteiger partial charge in [-0.2, -0.15) is 5.10 Å². The van der Waals surface area contributed by atoms with Crippen LogP contribution >= 0.6 is 0 Å². The fraction of sp³-hybridized carbons (Fsp3) is 0.273. The number of carbonyl (C=O) groups is 1. The van der Waals surface area contributed by atoms with Crippen LogP contribution in [0.1, 0.15) is 49.2 Å². The first kappa shape index (κ1) is 19.6. The second-order valence-corrected chi connectivity index (χ2v) is 6.84. The highest BCUT2D eigenvalue weighted by Crippen LogP contribution is 2.23. The molecule has 1 aromatic heterocycles. The number of ether oxygens (including phenoxy) is 1. The van der Waals surface area contributed by atoms with Gasteiger partial charge in [-0.05, 0) is 54.3 Å². The number of benzene rings is 2. The van der Waals surface area contributed by atoms with Crippen molar-refractivity contribution in [1.29, 1.82) is 0 Å². The van der Waals surface area contributed by atoms with E-state index in [0.29, 0.717) is 29.6 Å². The van der Waals surface area contributed by atoms with Gasteiger partial charge in [-0.1, -0.05) is 32.9 Å². The maximum atomic E-state index is 13.2. The number of anilines is 1. The van der Waals surface area contributed by atoms with Crippen LogP contribution in [0.4, 0.5) is 10.1 Å². The molecule has 1 amide bonds. The molecule has 0 aliphatic heterocycles. The quantitative estimate of drug-likeness (QED) is 0.614. The number of hydrogen-bond donors (Lipinski definition) is 1. The number of nitrogens with one attached hydrogen (secondary N) is 1. The van der Waals surface area contributed by atoms with E-state index >= 15 is 0 Å². The van der Waals surface area contributed by atoms with E-state index in [1.165, 1.54) is 22.4 Å². The number of rotatable bonds is 7. The molecule has 5 nitrogen and oxygen atoms in total. The molecule has 0 saturated carbocycles. The van der Waals surface area contributed by atoms with Gasteiger partial charge < -0.3 is 10.1 Å². The Kier molecular flexibility index (Phi) is 6.09. The van der Waals surface area contributed by atoms with Gasteiger partial charge in [0.25, 0.3) is 5.91 Å². The lowest BCUT2D eigenvalue weighted by molar-refractivity contribution is 0.101. The molecular weight excluding hydrogens is 357 g/mol. The molecule has 0 spiro atoms. The van der Waals surface area contributed by atoms with Crippen LogP contribution in [-0.2, 0) is 0 Å². The van der Waals surface area contributed by atoms with Crippen molar-refractivity contribution in [3.63, 3.8) is 0 Å². The van der Waals surface area contributed by atoms with E-state index < -0.39 is 0 Å². The monoisotopic (exact) mass is 381 g/mol. The van der Waals surface area contributed by atoms with Crippen LogP contribution in [0.15, 0.2) is 54.7 Å². The maximum absolute atomic E-state index is 13.2. The zero-order chi connectivity index (χ0) is 20.1. The summed E-state index contributed by atoms with van der Waals surface area (Å²) in [4.78, 5) is 12.8. The molecule has 0 bridgehead atoms. The Morgan fingerprint density at radius 1 is 1.14 bits per heavy atom. The van der Waals surface area contributed by atoms with Gasteiger partial charge in [0.15, 0.2) is 11.4 Å². The van der Waals surface area contributed by atoms with Crippen LogP contribution in [0.2, 0.25) is 0 Å². The van der Waals surface area contributed by atoms with Gasteiger partial charge in [-0.25, -0.2) is 9.07 Å². The van der Waals surface area contributed by atoms with Crippen LogP contribution in [0, 0.1) is 5.82 Å². The van der Waals surface area contributed by atoms with Crippen LogP contribution < -0.4 is 10.1 Å². The molecule has 0 aliphatic rings. The molecule has 146 valence electrons. The van der Waals surface area contributed by atoms with E-state index in [1.807, 2.05) is 31.2 Å². The predicted octanol–water partition coefficient (Wildman–Crippen LogP) is 5.18. The van der Waals surface area contributed by atoms with Crippen molar-refractivity contribution in [1.82, 2.24) is 9.78 Å². The molecule has 0 fully saturated rings. The molecule has 0 unspecified atom stereocenters. The Bertz CT molecular complexity index is 931. The first-order chi connectivity index (χ1) is 13.5. The molecule has 2 aromatic carbocycles. The third kappa shape index (κ3) is 4.57. The third-order valence-corrected chi connectivity index (χ3v) is 4.28. The van der Waals surface area contributed by atoms with Gasteiger partial charge in [0.2, 0.25) is 0 Å². The Morgan fingerprint density at radius 2 is 1.82 bits per heavy atom. The predicted molar refractivity (Wildman–Crippen MR) is 108 cm³/mol. The van der Waals surface area contributed by atoms with Crippen LogP contribution in [0.25, 0.3) is 5.69 Å². The van der Waals surface area contributed by atoms with Crippen LogP contribution in [-0.4, -0.2) is 22.3 Å². The van der Waals surface area contributed by atoms with E-state index in [4.69, 9.17) is 4.74 Å². The average Bonchev–Trinajstić information content (AvgIpc) is 3.11. The van der Waals surface area contributed by atoms with E-state index in [9.17, 15) is 9.18 Å². The van der Waals surface area contributed by atoms with E-state index in [2.05, 4.69) is 24.3 Å². The number of hydrogen-bond acceptors (Lipinski definition) is 3. The van der Waals surface area contributed by atoms with Crippen molar-refractivity contribution in [2.24, 2.45) is 0 Å². The third-order valence-electron chi connectivity index (χ3n) is 4.28. The van der Waals surface area contributed by atoms with Crippen molar-refractivity contribution in [3.8, 4) is 11.4 Å². The lowest BCUT2D eigenvalue weighted by Crippen LogP contribution is -2.14. The molecule has 0 saturated heterocycles. The molecule has 0 atom stereocenters. The fourth-order valence-electron chi connectivity index (χ4n) is 2.70. The molecule has 0 radical (unpaired) electrons. The zero-order valence-corrected chi connectivity index (χ0v) is 16.3. The van der Waals surface area contributed by atoms with E-state index in [1.54, 1.807) is 18.3 Å². The Morgan fingerprint density at radius 3 is 2.43 bits per heavy atom. The molecule has 1 heterocycles. The first-order valence-corrected chi connectivity index (χ1v) is 9.37. The summed E-state index contributed by atoms with van der Waals surface area (Å²) in [5, 5.41) is 7.22. The van der Waals surface area contributed by atoms with Crippen LogP contribution in [0.5, 0.6) is 5.75 Å². The summed E-state index contributed by atoms with van der Waals surface area (Å²) in [6, 6.07) is 13.6. The Hall–Kier alpha value is -3.15. The summed E-state index contributed by atoms with van der Waals surface area (Å²) in [6.07, 6.45) is 2.44. The second kappa shape index (κ2) is 8.69. The highest BCUT2D eigenvalue weighted by molar-refractivity contribution is 6.04. The highest BCUT2D eigenvalue weighted by atomic mass is 19.1. The molecule has 3 aromatic rings. The fourth-order valence-corrected chi connectivity index (χ4v) is 2.70. The molecule has 0 aliphatic carbocycles. The number of nitrogens with zero attached hydrogens (tertiary/aromatic N) is 2. The number of aromatic nitrogens is 2. The number of amides is 1. The Labute approximate surface area is 164 Å². The maximum Gasteiger partial charge on any atom is 0.280 e. The van der Waals surface area contributed by atoms with E-state index in [-0.39, 0.29) is 17.4 Å². The zero-order valence-electron chi connectivity index (χ0n) is 16.3. The number of carbonyl (C=O) groups excluding carboxylic acids is 1. The van der Waals surface area contributed by atoms with Crippen LogP contribution in [0.3, 0.4) is 0 Å². The molecule has 28 heavy (non-hydrogen) atoms. The molecule has 1 N–H and O–H groups in total. The van der Waals surface area contributed by atoms with Crippen molar-refractivity contribution < 1.29 is 13.9 Å². The normalized spacial score (nSPS) is 10.9. The summed E-state index contributed by atoms with van der Waals surface area (Å²) < 4.78 is 20.4. The molecule has 3 rings (SSSR count). The van der Waals surface area contributed by atoms with Gasteiger partial charge in [-0.15, -0.1) is 0 Å². The van der Waals surface area contributed by atoms with Gasteiger partial charge in [-0.3, -0.25) is 4.79 Å². The van der Waals surface area contributed by atoms with Gasteiger partial charge in [0.1, 0.15) is 5.82 Å². The van der Waals surface area contributed by atoms with Crippen molar-refractivity contribution in [3.05, 3.63) is 71.8 Å². The Balaban J connectivity index is 1.85. The van der Waals surface area contributed by atoms with Gasteiger partial charge >= 0.3 is 0 Å². The van der Waals surface area contributed by atoms with Gasteiger partial charge in [0, 0.05) is 5.69 Å². The van der Waals surface area contributed by atoms with Crippen molar-refractivity contribution in [2.75, 3.05) is 11.9 Å². The largest absolute Gasteiger partial charge is 0.489 e. The van der Waals surface area contributed by atoms with Gasteiger partial charge in [0.05, 0.1) is 18.5 Å². The van der Waals surface area contributed by atoms with E-state index in [0.717, 1.165) is 6.42 Å². The highest BCUT2D eigenvalue weighted by Gasteiger charge is 2.19. The second-order valence-electron chi connectivity index (χ2n) is 6.84. The summed E-state index contributed by atoms with van der Waals surface area (Å²) in [5.41, 5.74) is 2.71. The van der Waals surface area contributed by atoms with Crippen molar-refractivity contribution in [2.45, 2.75) is 33.1 Å².